The molecular weight excluding hydrogens is 458 g/mol. The quantitative estimate of drug-likeness (QED) is 0.519. The number of morpholine rings is 1. The van der Waals surface area contributed by atoms with Crippen molar-refractivity contribution < 1.29 is 24.2 Å². The number of ether oxygens (including phenoxy) is 2. The third kappa shape index (κ3) is 5.26. The molecule has 5 rings (SSSR count). The van der Waals surface area contributed by atoms with Crippen LogP contribution in [0.2, 0.25) is 0 Å². The SMILES string of the molecule is CCOc1cc(CC(=O)N2C3CCC2COC3)ccc1C(=O)NCC(O)C1Cc2ccccc2CN1. The topological polar surface area (TPSA) is 100 Å². The van der Waals surface area contributed by atoms with Crippen LogP contribution in [0.5, 0.6) is 5.75 Å². The summed E-state index contributed by atoms with van der Waals surface area (Å²) < 4.78 is 11.4. The van der Waals surface area contributed by atoms with Crippen LogP contribution in [-0.2, 0) is 28.9 Å². The van der Waals surface area contributed by atoms with Crippen molar-refractivity contribution in [3.05, 3.63) is 64.7 Å². The van der Waals surface area contributed by atoms with Crippen LogP contribution >= 0.6 is 0 Å². The van der Waals surface area contributed by atoms with E-state index in [1.807, 2.05) is 30.0 Å². The normalized spacial score (nSPS) is 23.6. The molecule has 2 saturated heterocycles. The van der Waals surface area contributed by atoms with Crippen molar-refractivity contribution in [1.29, 1.82) is 0 Å². The predicted octanol–water partition coefficient (Wildman–Crippen LogP) is 1.82. The van der Waals surface area contributed by atoms with E-state index in [0.717, 1.165) is 18.4 Å². The molecule has 4 unspecified atom stereocenters. The Morgan fingerprint density at radius 1 is 1.17 bits per heavy atom. The monoisotopic (exact) mass is 493 g/mol. The Bertz CT molecular complexity index is 1090. The Hall–Kier alpha value is -2.94. The van der Waals surface area contributed by atoms with Gasteiger partial charge in [-0.1, -0.05) is 30.3 Å². The molecular formula is C28H35N3O5. The summed E-state index contributed by atoms with van der Waals surface area (Å²) in [4.78, 5) is 28.0. The summed E-state index contributed by atoms with van der Waals surface area (Å²) in [6.07, 6.45) is 2.25. The maximum absolute atomic E-state index is 13.0. The van der Waals surface area contributed by atoms with Crippen LogP contribution in [0.25, 0.3) is 0 Å². The van der Waals surface area contributed by atoms with Gasteiger partial charge in [-0.3, -0.25) is 9.59 Å². The maximum atomic E-state index is 13.0. The van der Waals surface area contributed by atoms with E-state index in [4.69, 9.17) is 9.47 Å². The first kappa shape index (κ1) is 24.7. The van der Waals surface area contributed by atoms with Gasteiger partial charge in [0.1, 0.15) is 5.75 Å². The Morgan fingerprint density at radius 3 is 2.67 bits per heavy atom. The number of rotatable bonds is 8. The molecule has 0 spiro atoms. The van der Waals surface area contributed by atoms with Gasteiger partial charge in [0, 0.05) is 19.1 Å². The zero-order chi connectivity index (χ0) is 25.1. The van der Waals surface area contributed by atoms with Crippen LogP contribution in [0.15, 0.2) is 42.5 Å². The van der Waals surface area contributed by atoms with Crippen LogP contribution in [0, 0.1) is 0 Å². The predicted molar refractivity (Wildman–Crippen MR) is 135 cm³/mol. The fourth-order valence-corrected chi connectivity index (χ4v) is 5.63. The molecule has 2 aromatic carbocycles. The molecule has 2 amide bonds. The van der Waals surface area contributed by atoms with Gasteiger partial charge in [0.2, 0.25) is 5.91 Å². The number of benzene rings is 2. The number of carbonyl (C=O) groups excluding carboxylic acids is 2. The first-order valence-electron chi connectivity index (χ1n) is 12.9. The van der Waals surface area contributed by atoms with Crippen molar-refractivity contribution in [3.63, 3.8) is 0 Å². The van der Waals surface area contributed by atoms with E-state index in [9.17, 15) is 14.7 Å². The van der Waals surface area contributed by atoms with Gasteiger partial charge in [-0.2, -0.15) is 0 Å². The summed E-state index contributed by atoms with van der Waals surface area (Å²) >= 11 is 0. The van der Waals surface area contributed by atoms with Crippen LogP contribution in [0.1, 0.15) is 46.8 Å². The number of aliphatic hydroxyl groups excluding tert-OH is 1. The average Bonchev–Trinajstić information content (AvgIpc) is 3.15. The number of hydrogen-bond acceptors (Lipinski definition) is 6. The third-order valence-corrected chi connectivity index (χ3v) is 7.52. The molecule has 4 atom stereocenters. The Balaban J connectivity index is 1.20. The number of nitrogens with zero attached hydrogens (tertiary/aromatic N) is 1. The zero-order valence-corrected chi connectivity index (χ0v) is 20.7. The van der Waals surface area contributed by atoms with Gasteiger partial charge in [-0.05, 0) is 55.0 Å². The lowest BCUT2D eigenvalue weighted by atomic mass is 9.93. The largest absolute Gasteiger partial charge is 0.493 e. The Morgan fingerprint density at radius 2 is 1.92 bits per heavy atom. The molecule has 0 aliphatic carbocycles. The zero-order valence-electron chi connectivity index (χ0n) is 20.7. The van der Waals surface area contributed by atoms with Crippen molar-refractivity contribution in [1.82, 2.24) is 15.5 Å². The van der Waals surface area contributed by atoms with Crippen LogP contribution in [-0.4, -0.2) is 72.4 Å². The van der Waals surface area contributed by atoms with Gasteiger partial charge in [-0.15, -0.1) is 0 Å². The van der Waals surface area contributed by atoms with Crippen LogP contribution in [0.4, 0.5) is 0 Å². The highest BCUT2D eigenvalue weighted by atomic mass is 16.5. The van der Waals surface area contributed by atoms with E-state index in [-0.39, 0.29) is 42.9 Å². The molecule has 8 nitrogen and oxygen atoms in total. The van der Waals surface area contributed by atoms with Crippen molar-refractivity contribution in [2.24, 2.45) is 0 Å². The molecule has 3 heterocycles. The fourth-order valence-electron chi connectivity index (χ4n) is 5.63. The van der Waals surface area contributed by atoms with E-state index in [2.05, 4.69) is 22.8 Å². The van der Waals surface area contributed by atoms with Gasteiger partial charge in [0.05, 0.1) is 50.0 Å². The number of fused-ring (bicyclic) bond motifs is 3. The van der Waals surface area contributed by atoms with Gasteiger partial charge in [0.15, 0.2) is 0 Å². The van der Waals surface area contributed by atoms with Crippen LogP contribution in [0.3, 0.4) is 0 Å². The highest BCUT2D eigenvalue weighted by molar-refractivity contribution is 5.97. The van der Waals surface area contributed by atoms with Crippen molar-refractivity contribution in [3.8, 4) is 5.75 Å². The summed E-state index contributed by atoms with van der Waals surface area (Å²) in [5.74, 6) is 0.234. The molecule has 192 valence electrons. The second-order valence-corrected chi connectivity index (χ2v) is 9.90. The van der Waals surface area contributed by atoms with E-state index in [1.54, 1.807) is 12.1 Å². The highest BCUT2D eigenvalue weighted by Crippen LogP contribution is 2.30. The number of amides is 2. The van der Waals surface area contributed by atoms with Gasteiger partial charge >= 0.3 is 0 Å². The smallest absolute Gasteiger partial charge is 0.255 e. The Kier molecular flexibility index (Phi) is 7.55. The summed E-state index contributed by atoms with van der Waals surface area (Å²) in [6, 6.07) is 13.7. The van der Waals surface area contributed by atoms with E-state index >= 15 is 0 Å². The van der Waals surface area contributed by atoms with Crippen LogP contribution < -0.4 is 15.4 Å². The van der Waals surface area contributed by atoms with Crippen molar-refractivity contribution >= 4 is 11.8 Å². The Labute approximate surface area is 212 Å². The minimum atomic E-state index is -0.723. The minimum absolute atomic E-state index is 0.0927. The highest BCUT2D eigenvalue weighted by Gasteiger charge is 2.40. The number of hydrogen-bond donors (Lipinski definition) is 3. The molecule has 0 aromatic heterocycles. The number of nitrogens with one attached hydrogen (secondary N) is 2. The van der Waals surface area contributed by atoms with E-state index in [0.29, 0.717) is 44.1 Å². The molecule has 0 saturated carbocycles. The standard InChI is InChI=1S/C28H35N3O5/c1-2-36-26-11-18(12-27(33)31-21-8-9-22(31)17-35-16-21)7-10-23(26)28(34)30-15-25(32)24-13-19-5-3-4-6-20(19)14-29-24/h3-7,10-11,21-22,24-25,29,32H,2,8-9,12-17H2,1H3,(H,30,34). The van der Waals surface area contributed by atoms with Gasteiger partial charge < -0.3 is 30.1 Å². The first-order chi connectivity index (χ1) is 17.5. The molecule has 3 aliphatic rings. The molecule has 3 N–H and O–H groups in total. The molecule has 8 heteroatoms. The fraction of sp³-hybridized carbons (Fsp3) is 0.500. The molecule has 3 aliphatic heterocycles. The molecule has 2 fully saturated rings. The van der Waals surface area contributed by atoms with E-state index < -0.39 is 6.10 Å². The average molecular weight is 494 g/mol. The number of aliphatic hydroxyl groups is 1. The molecule has 2 aromatic rings. The number of carbonyl (C=O) groups is 2. The third-order valence-electron chi connectivity index (χ3n) is 7.52. The first-order valence-corrected chi connectivity index (χ1v) is 12.9. The lowest BCUT2D eigenvalue weighted by Gasteiger charge is -2.34. The van der Waals surface area contributed by atoms with E-state index in [1.165, 1.54) is 11.1 Å². The summed E-state index contributed by atoms with van der Waals surface area (Å²) in [7, 11) is 0. The molecule has 2 bridgehead atoms. The van der Waals surface area contributed by atoms with Gasteiger partial charge in [-0.25, -0.2) is 0 Å². The maximum Gasteiger partial charge on any atom is 0.255 e. The molecule has 36 heavy (non-hydrogen) atoms. The van der Waals surface area contributed by atoms with Crippen molar-refractivity contribution in [2.75, 3.05) is 26.4 Å². The molecule has 0 radical (unpaired) electrons. The second kappa shape index (κ2) is 11.0. The summed E-state index contributed by atoms with van der Waals surface area (Å²) in [6.45, 7) is 4.32. The summed E-state index contributed by atoms with van der Waals surface area (Å²) in [5, 5.41) is 16.9. The van der Waals surface area contributed by atoms with Crippen molar-refractivity contribution in [2.45, 2.75) is 63.4 Å². The lowest BCUT2D eigenvalue weighted by molar-refractivity contribution is -0.140. The van der Waals surface area contributed by atoms with Gasteiger partial charge in [0.25, 0.3) is 5.91 Å². The lowest BCUT2D eigenvalue weighted by Crippen LogP contribution is -2.49. The minimum Gasteiger partial charge on any atom is -0.493 e. The summed E-state index contributed by atoms with van der Waals surface area (Å²) in [5.41, 5.74) is 3.68. The second-order valence-electron chi connectivity index (χ2n) is 9.90.